The Bertz CT molecular complexity index is 622. The molecule has 1 aliphatic rings. The number of halogens is 1. The maximum Gasteiger partial charge on any atom is 0.243 e. The summed E-state index contributed by atoms with van der Waals surface area (Å²) in [6.07, 6.45) is 0.821. The predicted octanol–water partition coefficient (Wildman–Crippen LogP) is 1.42. The Morgan fingerprint density at radius 2 is 1.82 bits per heavy atom. The quantitative estimate of drug-likeness (QED) is 0.869. The number of nitrogens with one attached hydrogen (secondary N) is 1. The lowest BCUT2D eigenvalue weighted by molar-refractivity contribution is 0.353. The second-order valence-corrected chi connectivity index (χ2v) is 7.02. The molecule has 1 saturated heterocycles. The molecule has 0 aliphatic carbocycles. The van der Waals surface area contributed by atoms with Gasteiger partial charge in [-0.1, -0.05) is 0 Å². The van der Waals surface area contributed by atoms with E-state index in [9.17, 15) is 8.42 Å². The lowest BCUT2D eigenvalue weighted by atomic mass is 10.2. The van der Waals surface area contributed by atoms with Gasteiger partial charge in [-0.25, -0.2) is 8.42 Å². The molecule has 8 heteroatoms. The van der Waals surface area contributed by atoms with Crippen molar-refractivity contribution in [3.8, 4) is 11.5 Å². The lowest BCUT2D eigenvalue weighted by Gasteiger charge is -2.19. The molecule has 0 bridgehead atoms. The van der Waals surface area contributed by atoms with E-state index in [0.29, 0.717) is 30.2 Å². The number of benzene rings is 1. The molecule has 1 aliphatic heterocycles. The lowest BCUT2D eigenvalue weighted by Crippen LogP contribution is -2.33. The SMILES string of the molecule is CNC1CCN(S(=O)(=O)c2cc(OC)c(OC)cc2C)C1.Cl. The van der Waals surface area contributed by atoms with Crippen LogP contribution in [0.5, 0.6) is 11.5 Å². The fourth-order valence-electron chi connectivity index (χ4n) is 2.56. The molecule has 1 fully saturated rings. The Kier molecular flexibility index (Phi) is 6.49. The fraction of sp³-hybridized carbons (Fsp3) is 0.571. The molecular formula is C14H23ClN2O4S. The first-order valence-electron chi connectivity index (χ1n) is 6.84. The van der Waals surface area contributed by atoms with Gasteiger partial charge in [0, 0.05) is 25.2 Å². The number of hydrogen-bond donors (Lipinski definition) is 1. The van der Waals surface area contributed by atoms with E-state index in [1.807, 2.05) is 7.05 Å². The summed E-state index contributed by atoms with van der Waals surface area (Å²) in [5, 5.41) is 3.12. The van der Waals surface area contributed by atoms with Crippen molar-refractivity contribution in [1.82, 2.24) is 9.62 Å². The normalized spacial score (nSPS) is 18.8. The molecule has 0 spiro atoms. The third-order valence-corrected chi connectivity index (χ3v) is 5.87. The van der Waals surface area contributed by atoms with Crippen LogP contribution in [-0.2, 0) is 10.0 Å². The van der Waals surface area contributed by atoms with Crippen LogP contribution < -0.4 is 14.8 Å². The number of rotatable bonds is 5. The van der Waals surface area contributed by atoms with E-state index >= 15 is 0 Å². The summed E-state index contributed by atoms with van der Waals surface area (Å²) in [7, 11) is 1.37. The van der Waals surface area contributed by atoms with Gasteiger partial charge in [-0.05, 0) is 32.0 Å². The maximum atomic E-state index is 12.8. The third kappa shape index (κ3) is 3.48. The van der Waals surface area contributed by atoms with E-state index in [-0.39, 0.29) is 23.3 Å². The topological polar surface area (TPSA) is 67.9 Å². The molecule has 1 aromatic carbocycles. The summed E-state index contributed by atoms with van der Waals surface area (Å²) in [6, 6.07) is 3.44. The molecule has 22 heavy (non-hydrogen) atoms. The second kappa shape index (κ2) is 7.50. The van der Waals surface area contributed by atoms with Gasteiger partial charge in [-0.15, -0.1) is 12.4 Å². The zero-order chi connectivity index (χ0) is 15.6. The largest absolute Gasteiger partial charge is 0.493 e. The van der Waals surface area contributed by atoms with Crippen LogP contribution in [0.3, 0.4) is 0 Å². The van der Waals surface area contributed by atoms with Crippen molar-refractivity contribution in [2.75, 3.05) is 34.4 Å². The first kappa shape index (κ1) is 19.0. The van der Waals surface area contributed by atoms with Gasteiger partial charge in [-0.2, -0.15) is 4.31 Å². The maximum absolute atomic E-state index is 12.8. The number of ether oxygens (including phenoxy) is 2. The van der Waals surface area contributed by atoms with Crippen LogP contribution in [-0.4, -0.2) is 53.1 Å². The van der Waals surface area contributed by atoms with Crippen molar-refractivity contribution < 1.29 is 17.9 Å². The molecular weight excluding hydrogens is 328 g/mol. The summed E-state index contributed by atoms with van der Waals surface area (Å²) >= 11 is 0. The van der Waals surface area contributed by atoms with Crippen molar-refractivity contribution in [3.63, 3.8) is 0 Å². The van der Waals surface area contributed by atoms with Gasteiger partial charge in [0.25, 0.3) is 0 Å². The van der Waals surface area contributed by atoms with Crippen molar-refractivity contribution >= 4 is 22.4 Å². The van der Waals surface area contributed by atoms with Crippen molar-refractivity contribution in [2.24, 2.45) is 0 Å². The van der Waals surface area contributed by atoms with Crippen LogP contribution >= 0.6 is 12.4 Å². The van der Waals surface area contributed by atoms with Gasteiger partial charge >= 0.3 is 0 Å². The smallest absolute Gasteiger partial charge is 0.243 e. The second-order valence-electron chi connectivity index (χ2n) is 5.11. The summed E-state index contributed by atoms with van der Waals surface area (Å²) in [5.41, 5.74) is 0.653. The number of nitrogens with zero attached hydrogens (tertiary/aromatic N) is 1. The molecule has 0 saturated carbocycles. The van der Waals surface area contributed by atoms with E-state index in [0.717, 1.165) is 6.42 Å². The van der Waals surface area contributed by atoms with Crippen LogP contribution in [0.25, 0.3) is 0 Å². The number of methoxy groups -OCH3 is 2. The van der Waals surface area contributed by atoms with Crippen LogP contribution in [0.1, 0.15) is 12.0 Å². The van der Waals surface area contributed by atoms with Crippen molar-refractivity contribution in [3.05, 3.63) is 17.7 Å². The molecule has 1 aromatic rings. The van der Waals surface area contributed by atoms with E-state index in [2.05, 4.69) is 5.32 Å². The third-order valence-electron chi connectivity index (χ3n) is 3.86. The minimum absolute atomic E-state index is 0. The monoisotopic (exact) mass is 350 g/mol. The molecule has 0 radical (unpaired) electrons. The molecule has 1 atom stereocenters. The van der Waals surface area contributed by atoms with Gasteiger partial charge in [-0.3, -0.25) is 0 Å². The highest BCUT2D eigenvalue weighted by molar-refractivity contribution is 7.89. The minimum Gasteiger partial charge on any atom is -0.493 e. The molecule has 0 amide bonds. The van der Waals surface area contributed by atoms with Crippen LogP contribution in [0.15, 0.2) is 17.0 Å². The highest BCUT2D eigenvalue weighted by atomic mass is 35.5. The molecule has 0 aromatic heterocycles. The number of sulfonamides is 1. The number of hydrogen-bond acceptors (Lipinski definition) is 5. The van der Waals surface area contributed by atoms with Gasteiger partial charge in [0.05, 0.1) is 19.1 Å². The van der Waals surface area contributed by atoms with Gasteiger partial charge in [0.2, 0.25) is 10.0 Å². The van der Waals surface area contributed by atoms with Gasteiger partial charge < -0.3 is 14.8 Å². The Labute approximate surface area is 138 Å². The first-order valence-corrected chi connectivity index (χ1v) is 8.28. The number of aryl methyl sites for hydroxylation is 1. The highest BCUT2D eigenvalue weighted by Crippen LogP contribution is 2.34. The Morgan fingerprint density at radius 3 is 2.32 bits per heavy atom. The van der Waals surface area contributed by atoms with E-state index < -0.39 is 10.0 Å². The van der Waals surface area contributed by atoms with E-state index in [1.54, 1.807) is 13.0 Å². The molecule has 2 rings (SSSR count). The molecule has 1 N–H and O–H groups in total. The average molecular weight is 351 g/mol. The van der Waals surface area contributed by atoms with Crippen molar-refractivity contribution in [2.45, 2.75) is 24.3 Å². The summed E-state index contributed by atoms with van der Waals surface area (Å²) < 4.78 is 37.5. The molecule has 1 unspecified atom stereocenters. The number of likely N-dealkylation sites (N-methyl/N-ethyl adjacent to an activating group) is 1. The Balaban J connectivity index is 0.00000242. The zero-order valence-corrected chi connectivity index (χ0v) is 14.9. The molecule has 6 nitrogen and oxygen atoms in total. The average Bonchev–Trinajstić information content (AvgIpc) is 2.96. The fourth-order valence-corrected chi connectivity index (χ4v) is 4.28. The predicted molar refractivity (Wildman–Crippen MR) is 87.8 cm³/mol. The van der Waals surface area contributed by atoms with E-state index in [4.69, 9.17) is 9.47 Å². The zero-order valence-electron chi connectivity index (χ0n) is 13.3. The van der Waals surface area contributed by atoms with Gasteiger partial charge in [0.15, 0.2) is 11.5 Å². The standard InChI is InChI=1S/C14H22N2O4S.ClH/c1-10-7-12(19-3)13(20-4)8-14(10)21(17,18)16-6-5-11(9-16)15-2;/h7-8,11,15H,5-6,9H2,1-4H3;1H. The summed E-state index contributed by atoms with van der Waals surface area (Å²) in [5.74, 6) is 0.953. The van der Waals surface area contributed by atoms with Crippen LogP contribution in [0.4, 0.5) is 0 Å². The Hall–Kier alpha value is -1.02. The summed E-state index contributed by atoms with van der Waals surface area (Å²) in [4.78, 5) is 0.275. The van der Waals surface area contributed by atoms with Crippen molar-refractivity contribution in [1.29, 1.82) is 0 Å². The minimum atomic E-state index is -3.51. The Morgan fingerprint density at radius 1 is 1.23 bits per heavy atom. The molecule has 1 heterocycles. The highest BCUT2D eigenvalue weighted by Gasteiger charge is 2.33. The molecule has 126 valence electrons. The van der Waals surface area contributed by atoms with E-state index in [1.165, 1.54) is 24.6 Å². The van der Waals surface area contributed by atoms with Crippen LogP contribution in [0, 0.1) is 6.92 Å². The van der Waals surface area contributed by atoms with Crippen LogP contribution in [0.2, 0.25) is 0 Å². The van der Waals surface area contributed by atoms with Gasteiger partial charge in [0.1, 0.15) is 0 Å². The first-order chi connectivity index (χ1) is 9.93. The summed E-state index contributed by atoms with van der Waals surface area (Å²) in [6.45, 7) is 2.79.